The average molecular weight is 666 g/mol. The Bertz CT molecular complexity index is 1560. The fourth-order valence-corrected chi connectivity index (χ4v) is 7.53. The molecule has 0 aliphatic heterocycles. The molecular formula is C42H47CrNO3. The number of hydrogen-bond acceptors (Lipinski definition) is 4. The van der Waals surface area contributed by atoms with Crippen LogP contribution in [-0.4, -0.2) is 35.0 Å². The summed E-state index contributed by atoms with van der Waals surface area (Å²) < 4.78 is 13.5. The molecule has 0 radical (unpaired) electrons. The second-order valence-corrected chi connectivity index (χ2v) is 14.0. The topological polar surface area (TPSA) is 47.9 Å². The first-order valence-electron chi connectivity index (χ1n) is 16.9. The monoisotopic (exact) mass is 665 g/mol. The molecule has 5 heteroatoms. The number of nitrogens with zero attached hydrogens (tertiary/aromatic N) is 1. The fraction of sp³-hybridized carbons (Fsp3) is 0.357. The fourth-order valence-electron chi connectivity index (χ4n) is 7.06. The van der Waals surface area contributed by atoms with Gasteiger partial charge in [0.2, 0.25) is 0 Å². The maximum absolute atomic E-state index is 13.9. The van der Waals surface area contributed by atoms with Crippen molar-refractivity contribution < 1.29 is 30.1 Å². The van der Waals surface area contributed by atoms with Crippen molar-refractivity contribution in [3.8, 4) is 0 Å². The van der Waals surface area contributed by atoms with Gasteiger partial charge in [-0.1, -0.05) is 0 Å². The summed E-state index contributed by atoms with van der Waals surface area (Å²) in [6.45, 7) is 9.16. The first kappa shape index (κ1) is 34.7. The number of carbonyl (C=O) groups is 1. The third-order valence-corrected chi connectivity index (χ3v) is 10.1. The van der Waals surface area contributed by atoms with Gasteiger partial charge in [0.05, 0.1) is 0 Å². The molecule has 0 N–H and O–H groups in total. The summed E-state index contributed by atoms with van der Waals surface area (Å²) in [4.78, 5) is 19.2. The van der Waals surface area contributed by atoms with Crippen LogP contribution in [0.25, 0.3) is 0 Å². The first-order chi connectivity index (χ1) is 22.8. The van der Waals surface area contributed by atoms with E-state index in [9.17, 15) is 4.79 Å². The zero-order valence-electron chi connectivity index (χ0n) is 28.0. The SMILES string of the molecule is CCOC(=O)[C@H](N=C(c1ccccc1)c1ccccc1)[C@@H](C[C](=[Cr])O[C@@H]1C[C@H](C)CC[C@H]1C(C)(C)c1ccccc1)c1ccccc1. The zero-order valence-corrected chi connectivity index (χ0v) is 29.3. The van der Waals surface area contributed by atoms with Crippen LogP contribution in [0, 0.1) is 11.8 Å². The third-order valence-electron chi connectivity index (χ3n) is 9.67. The molecule has 0 bridgehead atoms. The molecule has 0 amide bonds. The van der Waals surface area contributed by atoms with Gasteiger partial charge in [0, 0.05) is 0 Å². The average Bonchev–Trinajstić information content (AvgIpc) is 3.09. The Balaban J connectivity index is 1.51. The Kier molecular flexibility index (Phi) is 12.2. The molecule has 0 aromatic heterocycles. The van der Waals surface area contributed by atoms with Gasteiger partial charge >= 0.3 is 290 Å². The molecule has 1 aliphatic carbocycles. The summed E-state index contributed by atoms with van der Waals surface area (Å²) in [5, 5.41) is 0. The molecule has 244 valence electrons. The van der Waals surface area contributed by atoms with Crippen molar-refractivity contribution in [3.05, 3.63) is 144 Å². The van der Waals surface area contributed by atoms with Gasteiger partial charge in [0.1, 0.15) is 0 Å². The molecule has 0 saturated heterocycles. The van der Waals surface area contributed by atoms with E-state index in [2.05, 4.69) is 79.1 Å². The van der Waals surface area contributed by atoms with Crippen molar-refractivity contribution in [2.24, 2.45) is 16.8 Å². The molecular weight excluding hydrogens is 618 g/mol. The quantitative estimate of drug-likeness (QED) is 0.106. The number of rotatable bonds is 13. The van der Waals surface area contributed by atoms with Crippen LogP contribution in [0.3, 0.4) is 0 Å². The number of benzene rings is 4. The molecule has 4 aromatic rings. The molecule has 5 rings (SSSR count). The van der Waals surface area contributed by atoms with E-state index < -0.39 is 6.04 Å². The van der Waals surface area contributed by atoms with Crippen molar-refractivity contribution in [2.75, 3.05) is 6.61 Å². The first-order valence-corrected chi connectivity index (χ1v) is 17.6. The van der Waals surface area contributed by atoms with E-state index in [1.54, 1.807) is 0 Å². The number of ether oxygens (including phenoxy) is 2. The predicted octanol–water partition coefficient (Wildman–Crippen LogP) is 9.11. The van der Waals surface area contributed by atoms with Gasteiger partial charge in [-0.15, -0.1) is 0 Å². The third kappa shape index (κ3) is 8.85. The van der Waals surface area contributed by atoms with E-state index in [0.717, 1.165) is 39.8 Å². The second-order valence-electron chi connectivity index (χ2n) is 13.3. The maximum atomic E-state index is 13.9. The second kappa shape index (κ2) is 16.5. The van der Waals surface area contributed by atoms with Crippen LogP contribution < -0.4 is 0 Å². The van der Waals surface area contributed by atoms with Crippen LogP contribution in [0.15, 0.2) is 126 Å². The molecule has 1 fully saturated rings. The molecule has 0 unspecified atom stereocenters. The summed E-state index contributed by atoms with van der Waals surface area (Å²) in [7, 11) is 0. The molecule has 0 spiro atoms. The van der Waals surface area contributed by atoms with Gasteiger partial charge in [-0.25, -0.2) is 0 Å². The summed E-state index contributed by atoms with van der Waals surface area (Å²) in [5.74, 6) is 0.279. The van der Waals surface area contributed by atoms with Crippen LogP contribution in [0.5, 0.6) is 0 Å². The summed E-state index contributed by atoms with van der Waals surface area (Å²) in [6.07, 6.45) is 3.84. The zero-order chi connectivity index (χ0) is 33.2. The minimum atomic E-state index is -0.790. The molecule has 4 nitrogen and oxygen atoms in total. The summed E-state index contributed by atoms with van der Waals surface area (Å²) in [6, 6.07) is 40.4. The van der Waals surface area contributed by atoms with Crippen LogP contribution in [0.1, 0.15) is 81.5 Å². The van der Waals surface area contributed by atoms with E-state index in [-0.39, 0.29) is 30.0 Å². The molecule has 1 aliphatic rings. The Hall–Kier alpha value is -3.62. The normalized spacial score (nSPS) is 19.3. The molecule has 47 heavy (non-hydrogen) atoms. The van der Waals surface area contributed by atoms with Crippen molar-refractivity contribution in [2.45, 2.75) is 76.9 Å². The van der Waals surface area contributed by atoms with Gasteiger partial charge in [-0.3, -0.25) is 0 Å². The van der Waals surface area contributed by atoms with Crippen molar-refractivity contribution in [1.82, 2.24) is 0 Å². The summed E-state index contributed by atoms with van der Waals surface area (Å²) in [5.41, 5.74) is 4.96. The van der Waals surface area contributed by atoms with Crippen LogP contribution >= 0.6 is 0 Å². The number of carbonyl (C=O) groups excluding carboxylic acids is 1. The van der Waals surface area contributed by atoms with Gasteiger partial charge in [-0.2, -0.15) is 0 Å². The van der Waals surface area contributed by atoms with Crippen molar-refractivity contribution in [1.29, 1.82) is 0 Å². The minimum absolute atomic E-state index is 0.0513. The standard InChI is InChI=1S/C42H47NO3.Cr/c1-5-45-41(44)40(43-39(33-20-12-7-13-21-33)34-22-14-8-15-23-34)36(32-18-10-6-11-19-32)28-29-46-38-30-31(2)26-27-37(38)42(3,4)35-24-16-9-17-25-35;/h6-25,31,36-38,40H,5,26-28,30H2,1-4H3;/t31-,36+,37-,38-,40-;/m1./s1. The number of hydrogen-bond donors (Lipinski definition) is 0. The van der Waals surface area contributed by atoms with Gasteiger partial charge < -0.3 is 0 Å². The van der Waals surface area contributed by atoms with E-state index in [1.807, 2.05) is 85.8 Å². The van der Waals surface area contributed by atoms with E-state index in [4.69, 9.17) is 14.5 Å². The van der Waals surface area contributed by atoms with E-state index >= 15 is 0 Å². The van der Waals surface area contributed by atoms with E-state index in [1.165, 1.54) is 12.0 Å². The molecule has 4 aromatic carbocycles. The van der Waals surface area contributed by atoms with Crippen LogP contribution in [-0.2, 0) is 35.5 Å². The number of esters is 1. The van der Waals surface area contributed by atoms with Crippen LogP contribution in [0.2, 0.25) is 0 Å². The van der Waals surface area contributed by atoms with Gasteiger partial charge in [0.15, 0.2) is 0 Å². The summed E-state index contributed by atoms with van der Waals surface area (Å²) >= 11 is 3.29. The van der Waals surface area contributed by atoms with E-state index in [0.29, 0.717) is 18.3 Å². The molecule has 1 saturated carbocycles. The number of aliphatic imine (C=N–C) groups is 1. The Morgan fingerprint density at radius 1 is 0.830 bits per heavy atom. The Morgan fingerprint density at radius 3 is 1.91 bits per heavy atom. The molecule has 0 heterocycles. The van der Waals surface area contributed by atoms with Crippen molar-refractivity contribution in [3.63, 3.8) is 0 Å². The molecule has 5 atom stereocenters. The van der Waals surface area contributed by atoms with Crippen LogP contribution in [0.4, 0.5) is 0 Å². The van der Waals surface area contributed by atoms with Crippen molar-refractivity contribution >= 4 is 16.2 Å². The van der Waals surface area contributed by atoms with Gasteiger partial charge in [-0.05, 0) is 0 Å². The van der Waals surface area contributed by atoms with Gasteiger partial charge in [0.25, 0.3) is 0 Å². The Labute approximate surface area is 289 Å². The predicted molar refractivity (Wildman–Crippen MR) is 189 cm³/mol. The Morgan fingerprint density at radius 2 is 1.36 bits per heavy atom.